The fourth-order valence-corrected chi connectivity index (χ4v) is 5.98. The molecule has 2 saturated heterocycles. The summed E-state index contributed by atoms with van der Waals surface area (Å²) in [6.45, 7) is 5.00. The molecule has 2 aliphatic heterocycles. The van der Waals surface area contributed by atoms with E-state index >= 15 is 0 Å². The van der Waals surface area contributed by atoms with E-state index in [-0.39, 0.29) is 10.8 Å². The molecule has 2 fully saturated rings. The van der Waals surface area contributed by atoms with Gasteiger partial charge >= 0.3 is 0 Å². The number of aromatic nitrogens is 3. The van der Waals surface area contributed by atoms with Crippen LogP contribution in [0.4, 0.5) is 0 Å². The molecule has 2 aliphatic rings. The Bertz CT molecular complexity index is 1010. The number of amides is 1. The lowest BCUT2D eigenvalue weighted by Crippen LogP contribution is -2.49. The van der Waals surface area contributed by atoms with Gasteiger partial charge in [-0.3, -0.25) is 4.79 Å². The number of benzene rings is 1. The molecule has 1 amide bonds. The summed E-state index contributed by atoms with van der Waals surface area (Å²) in [6.07, 6.45) is 3.20. The van der Waals surface area contributed by atoms with E-state index in [1.807, 2.05) is 4.90 Å². The number of hydrogen-bond acceptors (Lipinski definition) is 6. The third kappa shape index (κ3) is 3.95. The Morgan fingerprint density at radius 2 is 1.97 bits per heavy atom. The minimum atomic E-state index is -3.80. The standard InChI is InChI=1S/C20H29N5O4S/c1-15-7-10-23(11-8-15)20(26)19-4-3-9-25(19)30(27,28)16-5-6-18-17(14-16)21-22-24(18)12-13-29-2/h5-6,14-15,19H,3-4,7-13H2,1-2H3. The largest absolute Gasteiger partial charge is 0.383 e. The monoisotopic (exact) mass is 435 g/mol. The van der Waals surface area contributed by atoms with E-state index in [9.17, 15) is 13.2 Å². The number of ether oxygens (including phenoxy) is 1. The van der Waals surface area contributed by atoms with E-state index in [0.717, 1.165) is 18.4 Å². The molecule has 9 nitrogen and oxygen atoms in total. The topological polar surface area (TPSA) is 97.6 Å². The molecule has 1 atom stereocenters. The highest BCUT2D eigenvalue weighted by molar-refractivity contribution is 7.89. The lowest BCUT2D eigenvalue weighted by atomic mass is 9.98. The fraction of sp³-hybridized carbons (Fsp3) is 0.650. The van der Waals surface area contributed by atoms with Gasteiger partial charge in [0.2, 0.25) is 15.9 Å². The highest BCUT2D eigenvalue weighted by atomic mass is 32.2. The lowest BCUT2D eigenvalue weighted by molar-refractivity contribution is -0.135. The molecule has 0 radical (unpaired) electrons. The molecule has 30 heavy (non-hydrogen) atoms. The average Bonchev–Trinajstić information content (AvgIpc) is 3.39. The Morgan fingerprint density at radius 3 is 2.70 bits per heavy atom. The second kappa shape index (κ2) is 8.60. The summed E-state index contributed by atoms with van der Waals surface area (Å²) in [7, 11) is -2.18. The molecule has 1 aromatic heterocycles. The quantitative estimate of drug-likeness (QED) is 0.682. The van der Waals surface area contributed by atoms with Crippen molar-refractivity contribution in [3.63, 3.8) is 0 Å². The number of likely N-dealkylation sites (tertiary alicyclic amines) is 1. The zero-order valence-corrected chi connectivity index (χ0v) is 18.3. The Labute approximate surface area is 177 Å². The van der Waals surface area contributed by atoms with Crippen molar-refractivity contribution in [2.24, 2.45) is 5.92 Å². The number of sulfonamides is 1. The van der Waals surface area contributed by atoms with Gasteiger partial charge in [0.15, 0.2) is 0 Å². The van der Waals surface area contributed by atoms with Gasteiger partial charge < -0.3 is 9.64 Å². The molecule has 0 aliphatic carbocycles. The zero-order chi connectivity index (χ0) is 21.3. The molecule has 1 aromatic carbocycles. The molecular weight excluding hydrogens is 406 g/mol. The first kappa shape index (κ1) is 21.2. The third-order valence-corrected chi connectivity index (χ3v) is 8.09. The molecule has 0 bridgehead atoms. The Morgan fingerprint density at radius 1 is 1.20 bits per heavy atom. The molecule has 4 rings (SSSR count). The molecule has 164 valence electrons. The molecule has 0 saturated carbocycles. The Hall–Kier alpha value is -2.04. The highest BCUT2D eigenvalue weighted by Crippen LogP contribution is 2.29. The van der Waals surface area contributed by atoms with E-state index in [0.29, 0.717) is 57.1 Å². The van der Waals surface area contributed by atoms with Gasteiger partial charge in [-0.25, -0.2) is 13.1 Å². The maximum absolute atomic E-state index is 13.4. The summed E-state index contributed by atoms with van der Waals surface area (Å²) in [5, 5.41) is 8.19. The number of methoxy groups -OCH3 is 1. The SMILES string of the molecule is COCCn1nnc2cc(S(=O)(=O)N3CCCC3C(=O)N3CCC(C)CC3)ccc21. The van der Waals surface area contributed by atoms with E-state index in [4.69, 9.17) is 4.74 Å². The van der Waals surface area contributed by atoms with Gasteiger partial charge in [0.25, 0.3) is 0 Å². The van der Waals surface area contributed by atoms with Gasteiger partial charge in [-0.15, -0.1) is 5.10 Å². The lowest BCUT2D eigenvalue weighted by Gasteiger charge is -2.34. The van der Waals surface area contributed by atoms with Gasteiger partial charge in [0, 0.05) is 26.7 Å². The van der Waals surface area contributed by atoms with E-state index < -0.39 is 16.1 Å². The number of nitrogens with zero attached hydrogens (tertiary/aromatic N) is 5. The second-order valence-corrected chi connectivity index (χ2v) is 10.1. The molecule has 1 unspecified atom stereocenters. The Balaban J connectivity index is 1.56. The first-order chi connectivity index (χ1) is 14.4. The van der Waals surface area contributed by atoms with Crippen molar-refractivity contribution in [1.29, 1.82) is 0 Å². The first-order valence-corrected chi connectivity index (χ1v) is 12.0. The van der Waals surface area contributed by atoms with E-state index in [2.05, 4.69) is 17.2 Å². The number of piperidine rings is 1. The van der Waals surface area contributed by atoms with Crippen LogP contribution >= 0.6 is 0 Å². The fourth-order valence-electron chi connectivity index (χ4n) is 4.31. The van der Waals surface area contributed by atoms with Crippen LogP contribution < -0.4 is 0 Å². The van der Waals surface area contributed by atoms with Crippen molar-refractivity contribution in [2.75, 3.05) is 33.4 Å². The van der Waals surface area contributed by atoms with Crippen LogP contribution in [-0.4, -0.2) is 77.9 Å². The van der Waals surface area contributed by atoms with Gasteiger partial charge in [0.05, 0.1) is 23.6 Å². The number of carbonyl (C=O) groups is 1. The summed E-state index contributed by atoms with van der Waals surface area (Å²) >= 11 is 0. The van der Waals surface area contributed by atoms with Gasteiger partial charge in [0.1, 0.15) is 11.6 Å². The third-order valence-electron chi connectivity index (χ3n) is 6.18. The van der Waals surface area contributed by atoms with Crippen LogP contribution in [0, 0.1) is 5.92 Å². The normalized spacial score (nSPS) is 21.5. The van der Waals surface area contributed by atoms with E-state index in [1.54, 1.807) is 30.0 Å². The predicted molar refractivity (Wildman–Crippen MR) is 111 cm³/mol. The van der Waals surface area contributed by atoms with Crippen LogP contribution in [0.3, 0.4) is 0 Å². The second-order valence-electron chi connectivity index (χ2n) is 8.24. The van der Waals surface area contributed by atoms with Crippen molar-refractivity contribution in [1.82, 2.24) is 24.2 Å². The number of fused-ring (bicyclic) bond motifs is 1. The van der Waals surface area contributed by atoms with Crippen molar-refractivity contribution in [3.8, 4) is 0 Å². The molecular formula is C20H29N5O4S. The van der Waals surface area contributed by atoms with Crippen LogP contribution in [0.2, 0.25) is 0 Å². The zero-order valence-electron chi connectivity index (χ0n) is 17.5. The van der Waals surface area contributed by atoms with Gasteiger partial charge in [-0.05, 0) is 49.8 Å². The summed E-state index contributed by atoms with van der Waals surface area (Å²) in [5.74, 6) is 0.552. The number of rotatable bonds is 6. The first-order valence-electron chi connectivity index (χ1n) is 10.5. The minimum Gasteiger partial charge on any atom is -0.383 e. The van der Waals surface area contributed by atoms with Gasteiger partial charge in [-0.1, -0.05) is 12.1 Å². The molecule has 3 heterocycles. The maximum Gasteiger partial charge on any atom is 0.243 e. The number of carbonyl (C=O) groups excluding carboxylic acids is 1. The highest BCUT2D eigenvalue weighted by Gasteiger charge is 2.41. The Kier molecular flexibility index (Phi) is 6.08. The minimum absolute atomic E-state index is 0.0606. The van der Waals surface area contributed by atoms with Crippen molar-refractivity contribution in [2.45, 2.75) is 50.1 Å². The van der Waals surface area contributed by atoms with Crippen molar-refractivity contribution < 1.29 is 17.9 Å². The smallest absolute Gasteiger partial charge is 0.243 e. The number of hydrogen-bond donors (Lipinski definition) is 0. The van der Waals surface area contributed by atoms with Crippen molar-refractivity contribution in [3.05, 3.63) is 18.2 Å². The molecule has 2 aromatic rings. The summed E-state index contributed by atoms with van der Waals surface area (Å²) in [5.41, 5.74) is 1.27. The summed E-state index contributed by atoms with van der Waals surface area (Å²) < 4.78 is 34.9. The van der Waals surface area contributed by atoms with Crippen molar-refractivity contribution >= 4 is 27.0 Å². The van der Waals surface area contributed by atoms with Crippen LogP contribution in [0.1, 0.15) is 32.6 Å². The molecule has 0 spiro atoms. The summed E-state index contributed by atoms with van der Waals surface area (Å²) in [4.78, 5) is 15.1. The van der Waals surface area contributed by atoms with Crippen LogP contribution in [0.25, 0.3) is 11.0 Å². The molecule has 0 N–H and O–H groups in total. The summed E-state index contributed by atoms with van der Waals surface area (Å²) in [6, 6.07) is 4.23. The van der Waals surface area contributed by atoms with E-state index in [1.165, 1.54) is 4.31 Å². The van der Waals surface area contributed by atoms with Crippen LogP contribution in [0.15, 0.2) is 23.1 Å². The average molecular weight is 436 g/mol. The maximum atomic E-state index is 13.4. The van der Waals surface area contributed by atoms with Crippen LogP contribution in [0.5, 0.6) is 0 Å². The van der Waals surface area contributed by atoms with Gasteiger partial charge in [-0.2, -0.15) is 4.31 Å². The van der Waals surface area contributed by atoms with Crippen LogP contribution in [-0.2, 0) is 26.1 Å². The predicted octanol–water partition coefficient (Wildman–Crippen LogP) is 1.49. The molecule has 10 heteroatoms.